The van der Waals surface area contributed by atoms with E-state index in [4.69, 9.17) is 5.11 Å². The van der Waals surface area contributed by atoms with Gasteiger partial charge in [-0.3, -0.25) is 4.40 Å². The van der Waals surface area contributed by atoms with Gasteiger partial charge in [0.25, 0.3) is 0 Å². The summed E-state index contributed by atoms with van der Waals surface area (Å²) in [5, 5.41) is 8.80. The largest absolute Gasteiger partial charge is 0.477 e. The summed E-state index contributed by atoms with van der Waals surface area (Å²) in [4.78, 5) is 16.0. The molecule has 74 valence electrons. The van der Waals surface area contributed by atoms with Gasteiger partial charge in [-0.15, -0.1) is 0 Å². The van der Waals surface area contributed by atoms with E-state index < -0.39 is 5.97 Å². The molecule has 5 heteroatoms. The first-order valence-electron chi connectivity index (χ1n) is 4.29. The van der Waals surface area contributed by atoms with Crippen LogP contribution in [0.25, 0.3) is 4.96 Å². The predicted molar refractivity (Wildman–Crippen MR) is 54.1 cm³/mol. The zero-order chi connectivity index (χ0) is 10.3. The molecule has 0 amide bonds. The molecule has 1 N–H and O–H groups in total. The third-order valence-electron chi connectivity index (χ3n) is 2.04. The summed E-state index contributed by atoms with van der Waals surface area (Å²) in [6.07, 6.45) is 3.42. The van der Waals surface area contributed by atoms with Crippen LogP contribution in [-0.2, 0) is 0 Å². The van der Waals surface area contributed by atoms with Crippen LogP contribution >= 0.6 is 11.3 Å². The number of carboxylic acids is 1. The van der Waals surface area contributed by atoms with Gasteiger partial charge < -0.3 is 5.11 Å². The van der Waals surface area contributed by atoms with E-state index in [0.717, 1.165) is 10.7 Å². The Bertz CT molecular complexity index is 484. The lowest BCUT2D eigenvalue weighted by atomic mass is 10.1. The molecule has 0 aromatic carbocycles. The molecule has 0 atom stereocenters. The van der Waals surface area contributed by atoms with E-state index in [1.807, 2.05) is 4.40 Å². The summed E-state index contributed by atoms with van der Waals surface area (Å²) < 4.78 is 1.85. The number of fused-ring (bicyclic) bond motifs is 1. The van der Waals surface area contributed by atoms with Crippen molar-refractivity contribution in [2.24, 2.45) is 0 Å². The molecule has 0 aliphatic carbocycles. The second kappa shape index (κ2) is 3.09. The number of aromatic carboxylic acids is 1. The number of rotatable bonds is 2. The standard InChI is InChI=1S/C9H10N2O2S/c1-5(2)6-3-10-9-11(6)4-7(14-9)8(12)13/h3-5H,1-2H3,(H,12,13). The molecule has 0 fully saturated rings. The molecule has 0 aliphatic heterocycles. The fourth-order valence-corrected chi connectivity index (χ4v) is 2.13. The highest BCUT2D eigenvalue weighted by molar-refractivity contribution is 7.18. The highest BCUT2D eigenvalue weighted by Crippen LogP contribution is 2.22. The van der Waals surface area contributed by atoms with Crippen molar-refractivity contribution in [3.63, 3.8) is 0 Å². The quantitative estimate of drug-likeness (QED) is 0.826. The molecule has 2 aromatic rings. The molecular weight excluding hydrogens is 200 g/mol. The maximum Gasteiger partial charge on any atom is 0.347 e. The van der Waals surface area contributed by atoms with E-state index in [1.165, 1.54) is 11.3 Å². The highest BCUT2D eigenvalue weighted by Gasteiger charge is 2.13. The van der Waals surface area contributed by atoms with Gasteiger partial charge >= 0.3 is 5.97 Å². The molecule has 14 heavy (non-hydrogen) atoms. The van der Waals surface area contributed by atoms with Gasteiger partial charge in [0.1, 0.15) is 4.88 Å². The summed E-state index contributed by atoms with van der Waals surface area (Å²) >= 11 is 1.20. The third kappa shape index (κ3) is 1.29. The van der Waals surface area contributed by atoms with E-state index in [-0.39, 0.29) is 0 Å². The number of carboxylic acid groups (broad SMARTS) is 1. The van der Waals surface area contributed by atoms with Gasteiger partial charge in [-0.2, -0.15) is 0 Å². The second-order valence-electron chi connectivity index (χ2n) is 3.39. The molecule has 0 bridgehead atoms. The van der Waals surface area contributed by atoms with Gasteiger partial charge in [0, 0.05) is 11.9 Å². The van der Waals surface area contributed by atoms with Crippen LogP contribution in [-0.4, -0.2) is 20.5 Å². The fourth-order valence-electron chi connectivity index (χ4n) is 1.33. The van der Waals surface area contributed by atoms with Crippen molar-refractivity contribution in [1.29, 1.82) is 0 Å². The number of hydrogen-bond acceptors (Lipinski definition) is 3. The summed E-state index contributed by atoms with van der Waals surface area (Å²) in [5.74, 6) is -0.545. The number of thiazole rings is 1. The average molecular weight is 210 g/mol. The van der Waals surface area contributed by atoms with E-state index in [0.29, 0.717) is 10.8 Å². The Kier molecular flexibility index (Phi) is 2.03. The molecule has 2 heterocycles. The van der Waals surface area contributed by atoms with Crippen molar-refractivity contribution in [2.75, 3.05) is 0 Å². The minimum atomic E-state index is -0.893. The van der Waals surface area contributed by atoms with Crippen LogP contribution in [0.1, 0.15) is 35.1 Å². The van der Waals surface area contributed by atoms with E-state index >= 15 is 0 Å². The number of aromatic nitrogens is 2. The maximum atomic E-state index is 10.7. The van der Waals surface area contributed by atoms with Crippen molar-refractivity contribution in [2.45, 2.75) is 19.8 Å². The Morgan fingerprint density at radius 1 is 1.64 bits per heavy atom. The van der Waals surface area contributed by atoms with Crippen LogP contribution < -0.4 is 0 Å². The van der Waals surface area contributed by atoms with Crippen LogP contribution in [0.2, 0.25) is 0 Å². The van der Waals surface area contributed by atoms with Crippen LogP contribution in [0.4, 0.5) is 0 Å². The lowest BCUT2D eigenvalue weighted by molar-refractivity contribution is 0.0702. The van der Waals surface area contributed by atoms with Gasteiger partial charge in [-0.25, -0.2) is 9.78 Å². The SMILES string of the molecule is CC(C)c1cnc2sc(C(=O)O)cn12. The van der Waals surface area contributed by atoms with Crippen LogP contribution in [0.3, 0.4) is 0 Å². The van der Waals surface area contributed by atoms with Crippen molar-refractivity contribution in [1.82, 2.24) is 9.38 Å². The zero-order valence-corrected chi connectivity index (χ0v) is 8.71. The zero-order valence-electron chi connectivity index (χ0n) is 7.89. The average Bonchev–Trinajstić information content (AvgIpc) is 2.58. The molecule has 0 unspecified atom stereocenters. The van der Waals surface area contributed by atoms with Crippen molar-refractivity contribution >= 4 is 22.3 Å². The minimum absolute atomic E-state index is 0.329. The van der Waals surface area contributed by atoms with Gasteiger partial charge in [-0.05, 0) is 5.92 Å². The number of nitrogens with zero attached hydrogens (tertiary/aromatic N) is 2. The summed E-state index contributed by atoms with van der Waals surface area (Å²) in [6.45, 7) is 4.11. The third-order valence-corrected chi connectivity index (χ3v) is 3.03. The van der Waals surface area contributed by atoms with Crippen molar-refractivity contribution < 1.29 is 9.90 Å². The molecule has 0 saturated carbocycles. The van der Waals surface area contributed by atoms with Gasteiger partial charge in [0.2, 0.25) is 0 Å². The van der Waals surface area contributed by atoms with Crippen LogP contribution in [0.5, 0.6) is 0 Å². The number of hydrogen-bond donors (Lipinski definition) is 1. The van der Waals surface area contributed by atoms with Crippen LogP contribution in [0, 0.1) is 0 Å². The topological polar surface area (TPSA) is 54.6 Å². The Morgan fingerprint density at radius 2 is 2.36 bits per heavy atom. The monoisotopic (exact) mass is 210 g/mol. The predicted octanol–water partition coefficient (Wildman–Crippen LogP) is 2.22. The Labute approximate surface area is 84.8 Å². The summed E-state index contributed by atoms with van der Waals surface area (Å²) in [6, 6.07) is 0. The molecule has 0 radical (unpaired) electrons. The highest BCUT2D eigenvalue weighted by atomic mass is 32.1. The molecule has 0 spiro atoms. The number of imidazole rings is 1. The summed E-state index contributed by atoms with van der Waals surface area (Å²) in [5.41, 5.74) is 1.05. The fraction of sp³-hybridized carbons (Fsp3) is 0.333. The van der Waals surface area contributed by atoms with E-state index in [9.17, 15) is 4.79 Å². The first-order valence-corrected chi connectivity index (χ1v) is 5.11. The lowest BCUT2D eigenvalue weighted by Gasteiger charge is -2.00. The van der Waals surface area contributed by atoms with Crippen molar-refractivity contribution in [3.05, 3.63) is 23.0 Å². The van der Waals surface area contributed by atoms with Gasteiger partial charge in [-0.1, -0.05) is 25.2 Å². The molecule has 0 saturated heterocycles. The second-order valence-corrected chi connectivity index (χ2v) is 4.40. The molecule has 0 aliphatic rings. The normalized spacial score (nSPS) is 11.4. The van der Waals surface area contributed by atoms with E-state index in [1.54, 1.807) is 12.4 Å². The Morgan fingerprint density at radius 3 is 2.93 bits per heavy atom. The molecular formula is C9H10N2O2S. The van der Waals surface area contributed by atoms with Crippen molar-refractivity contribution in [3.8, 4) is 0 Å². The lowest BCUT2D eigenvalue weighted by Crippen LogP contribution is -1.94. The maximum absolute atomic E-state index is 10.7. The Balaban J connectivity index is 2.61. The minimum Gasteiger partial charge on any atom is -0.477 e. The molecule has 2 rings (SSSR count). The smallest absolute Gasteiger partial charge is 0.347 e. The number of carbonyl (C=O) groups is 1. The first-order chi connectivity index (χ1) is 6.59. The molecule has 2 aromatic heterocycles. The van der Waals surface area contributed by atoms with Crippen LogP contribution in [0.15, 0.2) is 12.4 Å². The molecule has 4 nitrogen and oxygen atoms in total. The van der Waals surface area contributed by atoms with Gasteiger partial charge in [0.05, 0.1) is 6.20 Å². The Hall–Kier alpha value is -1.36. The van der Waals surface area contributed by atoms with E-state index in [2.05, 4.69) is 18.8 Å². The summed E-state index contributed by atoms with van der Waals surface area (Å²) in [7, 11) is 0. The first kappa shape index (κ1) is 9.21. The van der Waals surface area contributed by atoms with Gasteiger partial charge in [0.15, 0.2) is 4.96 Å².